The van der Waals surface area contributed by atoms with E-state index in [1.54, 1.807) is 0 Å². The quantitative estimate of drug-likeness (QED) is 0.774. The molecule has 0 bridgehead atoms. The predicted molar refractivity (Wildman–Crippen MR) is 84.0 cm³/mol. The summed E-state index contributed by atoms with van der Waals surface area (Å²) in [6, 6.07) is 4.75. The van der Waals surface area contributed by atoms with Crippen LogP contribution in [-0.4, -0.2) is 30.6 Å². The Morgan fingerprint density at radius 1 is 1.22 bits per heavy atom. The van der Waals surface area contributed by atoms with Crippen molar-refractivity contribution in [3.8, 4) is 5.75 Å². The summed E-state index contributed by atoms with van der Waals surface area (Å²) in [4.78, 5) is 33.7. The van der Waals surface area contributed by atoms with Gasteiger partial charge in [-0.2, -0.15) is 0 Å². The smallest absolute Gasteiger partial charge is 0.344 e. The molecular formula is C16H22N2O5. The van der Waals surface area contributed by atoms with Crippen LogP contribution >= 0.6 is 0 Å². The molecule has 0 aromatic heterocycles. The molecule has 126 valence electrons. The number of imide groups is 1. The van der Waals surface area contributed by atoms with Crippen molar-refractivity contribution in [1.29, 1.82) is 0 Å². The second-order valence-electron chi connectivity index (χ2n) is 5.47. The number of esters is 1. The van der Waals surface area contributed by atoms with Gasteiger partial charge in [-0.05, 0) is 37.0 Å². The van der Waals surface area contributed by atoms with Crippen LogP contribution in [-0.2, 0) is 14.3 Å². The van der Waals surface area contributed by atoms with Crippen LogP contribution in [0.25, 0.3) is 0 Å². The summed E-state index contributed by atoms with van der Waals surface area (Å²) in [5.74, 6) is -0.661. The van der Waals surface area contributed by atoms with E-state index >= 15 is 0 Å². The summed E-state index contributed by atoms with van der Waals surface area (Å²) < 4.78 is 10.4. The highest BCUT2D eigenvalue weighted by atomic mass is 16.6. The first-order valence-corrected chi connectivity index (χ1v) is 7.23. The molecule has 0 spiro atoms. The molecule has 7 nitrogen and oxygen atoms in total. The fourth-order valence-electron chi connectivity index (χ4n) is 1.89. The molecule has 3 amide bonds. The normalized spacial score (nSPS) is 11.7. The Balaban J connectivity index is 2.61. The molecule has 23 heavy (non-hydrogen) atoms. The molecule has 0 saturated carbocycles. The molecule has 0 aliphatic heterocycles. The number of urea groups is 1. The molecule has 0 heterocycles. The summed E-state index contributed by atoms with van der Waals surface area (Å²) >= 11 is 0. The van der Waals surface area contributed by atoms with E-state index in [0.717, 1.165) is 11.1 Å². The van der Waals surface area contributed by atoms with Crippen molar-refractivity contribution in [3.63, 3.8) is 0 Å². The number of carbonyl (C=O) groups is 3. The lowest BCUT2D eigenvalue weighted by Crippen LogP contribution is -2.42. The number of rotatable bonds is 6. The zero-order valence-electron chi connectivity index (χ0n) is 13.7. The van der Waals surface area contributed by atoms with E-state index in [0.29, 0.717) is 5.75 Å². The topological polar surface area (TPSA) is 108 Å². The molecule has 3 N–H and O–H groups in total. The second kappa shape index (κ2) is 8.17. The maximum atomic E-state index is 11.7. The fraction of sp³-hybridized carbons (Fsp3) is 0.438. The van der Waals surface area contributed by atoms with Gasteiger partial charge in [0.2, 0.25) is 0 Å². The molecule has 0 unspecified atom stereocenters. The summed E-state index contributed by atoms with van der Waals surface area (Å²) in [5, 5.41) is 1.84. The standard InChI is InChI=1S/C16H22N2O5/c1-9(2)12-6-5-10(3)7-13(12)22-8-14(19)23-11(4)15(20)18-16(17)21/h5-7,9,11H,8H2,1-4H3,(H3,17,18,20,21)/t11-/m0/s1. The van der Waals surface area contributed by atoms with Crippen LogP contribution in [0.15, 0.2) is 18.2 Å². The highest BCUT2D eigenvalue weighted by Crippen LogP contribution is 2.27. The van der Waals surface area contributed by atoms with Gasteiger partial charge in [-0.25, -0.2) is 9.59 Å². The van der Waals surface area contributed by atoms with Crippen LogP contribution in [0.4, 0.5) is 4.79 Å². The summed E-state index contributed by atoms with van der Waals surface area (Å²) in [6.07, 6.45) is -1.14. The highest BCUT2D eigenvalue weighted by Gasteiger charge is 2.19. The first kappa shape index (κ1) is 18.5. The predicted octanol–water partition coefficient (Wildman–Crippen LogP) is 1.62. The average Bonchev–Trinajstić information content (AvgIpc) is 2.44. The third kappa shape index (κ3) is 5.98. The Morgan fingerprint density at radius 2 is 1.87 bits per heavy atom. The number of hydrogen-bond acceptors (Lipinski definition) is 5. The molecule has 1 atom stereocenters. The van der Waals surface area contributed by atoms with Crippen molar-refractivity contribution in [1.82, 2.24) is 5.32 Å². The minimum absolute atomic E-state index is 0.238. The van der Waals surface area contributed by atoms with Crippen LogP contribution in [0, 0.1) is 6.92 Å². The third-order valence-electron chi connectivity index (χ3n) is 3.06. The molecule has 1 aromatic carbocycles. The van der Waals surface area contributed by atoms with E-state index < -0.39 is 24.0 Å². The van der Waals surface area contributed by atoms with Crippen LogP contribution in [0.2, 0.25) is 0 Å². The van der Waals surface area contributed by atoms with Gasteiger partial charge in [0.1, 0.15) is 5.75 Å². The Kier molecular flexibility index (Phi) is 6.56. The van der Waals surface area contributed by atoms with Crippen LogP contribution in [0.5, 0.6) is 5.75 Å². The van der Waals surface area contributed by atoms with Gasteiger partial charge >= 0.3 is 12.0 Å². The van der Waals surface area contributed by atoms with Gasteiger partial charge in [0.05, 0.1) is 0 Å². The Morgan fingerprint density at radius 3 is 2.43 bits per heavy atom. The molecule has 0 aliphatic rings. The molecule has 1 rings (SSSR count). The lowest BCUT2D eigenvalue weighted by atomic mass is 10.0. The van der Waals surface area contributed by atoms with Gasteiger partial charge in [-0.15, -0.1) is 0 Å². The van der Waals surface area contributed by atoms with Crippen molar-refractivity contribution in [2.45, 2.75) is 39.7 Å². The van der Waals surface area contributed by atoms with E-state index in [4.69, 9.17) is 15.2 Å². The number of ether oxygens (including phenoxy) is 2. The first-order chi connectivity index (χ1) is 10.7. The Bertz CT molecular complexity index is 598. The van der Waals surface area contributed by atoms with Crippen molar-refractivity contribution in [2.24, 2.45) is 5.73 Å². The van der Waals surface area contributed by atoms with Gasteiger partial charge in [-0.3, -0.25) is 10.1 Å². The summed E-state index contributed by atoms with van der Waals surface area (Å²) in [5.41, 5.74) is 6.80. The van der Waals surface area contributed by atoms with E-state index in [1.165, 1.54) is 6.92 Å². The molecule has 0 fully saturated rings. The lowest BCUT2D eigenvalue weighted by molar-refractivity contribution is -0.156. The SMILES string of the molecule is Cc1ccc(C(C)C)c(OCC(=O)O[C@@H](C)C(=O)NC(N)=O)c1. The van der Waals surface area contributed by atoms with E-state index in [-0.39, 0.29) is 12.5 Å². The van der Waals surface area contributed by atoms with E-state index in [2.05, 4.69) is 0 Å². The number of nitrogens with two attached hydrogens (primary N) is 1. The van der Waals surface area contributed by atoms with Crippen molar-refractivity contribution >= 4 is 17.9 Å². The minimum Gasteiger partial charge on any atom is -0.482 e. The average molecular weight is 322 g/mol. The summed E-state index contributed by atoms with van der Waals surface area (Å²) in [7, 11) is 0. The maximum absolute atomic E-state index is 11.7. The summed E-state index contributed by atoms with van der Waals surface area (Å²) in [6.45, 7) is 6.96. The number of amides is 3. The zero-order valence-corrected chi connectivity index (χ0v) is 13.7. The number of primary amides is 1. The molecular weight excluding hydrogens is 300 g/mol. The molecule has 0 saturated heterocycles. The van der Waals surface area contributed by atoms with Crippen molar-refractivity contribution in [3.05, 3.63) is 29.3 Å². The maximum Gasteiger partial charge on any atom is 0.344 e. The Hall–Kier alpha value is -2.57. The van der Waals surface area contributed by atoms with E-state index in [1.807, 2.05) is 44.3 Å². The van der Waals surface area contributed by atoms with Crippen LogP contribution < -0.4 is 15.8 Å². The van der Waals surface area contributed by atoms with Gasteiger partial charge in [0, 0.05) is 0 Å². The van der Waals surface area contributed by atoms with E-state index in [9.17, 15) is 14.4 Å². The molecule has 7 heteroatoms. The zero-order chi connectivity index (χ0) is 17.6. The molecule has 0 aliphatic carbocycles. The number of aryl methyl sites for hydroxylation is 1. The number of hydrogen-bond donors (Lipinski definition) is 2. The van der Waals surface area contributed by atoms with Gasteiger partial charge in [0.25, 0.3) is 5.91 Å². The first-order valence-electron chi connectivity index (χ1n) is 7.23. The molecule has 0 radical (unpaired) electrons. The van der Waals surface area contributed by atoms with Crippen LogP contribution in [0.1, 0.15) is 37.8 Å². The van der Waals surface area contributed by atoms with Gasteiger partial charge in [0.15, 0.2) is 12.7 Å². The fourth-order valence-corrected chi connectivity index (χ4v) is 1.89. The minimum atomic E-state index is -1.14. The number of benzene rings is 1. The number of nitrogens with one attached hydrogen (secondary N) is 1. The molecule has 1 aromatic rings. The van der Waals surface area contributed by atoms with Gasteiger partial charge < -0.3 is 15.2 Å². The van der Waals surface area contributed by atoms with Crippen molar-refractivity contribution in [2.75, 3.05) is 6.61 Å². The van der Waals surface area contributed by atoms with Gasteiger partial charge in [-0.1, -0.05) is 26.0 Å². The second-order valence-corrected chi connectivity index (χ2v) is 5.47. The van der Waals surface area contributed by atoms with Crippen molar-refractivity contribution < 1.29 is 23.9 Å². The van der Waals surface area contributed by atoms with Crippen LogP contribution in [0.3, 0.4) is 0 Å². The highest BCUT2D eigenvalue weighted by molar-refractivity contribution is 5.96. The largest absolute Gasteiger partial charge is 0.482 e. The lowest BCUT2D eigenvalue weighted by Gasteiger charge is -2.16. The monoisotopic (exact) mass is 322 g/mol. The number of carbonyl (C=O) groups excluding carboxylic acids is 3. The third-order valence-corrected chi connectivity index (χ3v) is 3.06. The Labute approximate surface area is 135 Å².